The standard InChI is InChI=1S/C48H34N2Si.C42H38NOP.CH4BPS/c1-3-15-37(16-4-1)51(38-17-5-2-6-18-38,39-31-27-35(28-32-39)49-45-23-11-7-19-41(45)42-20-8-12-24-46(42)49)40-33-29-36(30-34-40)50-47-25-13-9-21-43(47)44-22-10-14-26-48(44)50;44-45(39-20-10-3-11-21-39,40-22-12-4-13-23-40)41-30-26-35(27-31-41)42(32-14-5-15-33-42)34-24-28-38(29-25-34)43(36-16-6-1-7-17-36)37-18-8-2-9-19-37;3-2-1-4/h1-34H;1-4,6-13,16-31H,5,14-15,32-33H2;1-2H,3H2/i;;2D. The van der Waals surface area contributed by atoms with Gasteiger partial charge in [0.15, 0.2) is 22.2 Å². The molecule has 4 nitrogen and oxygen atoms in total. The number of anilines is 3. The SMILES string of the molecule is O=P(c1ccccc1)(c1ccccc1)c1ccc(C2(c3ccc(N(c4ccccc4)c4ccccc4)cc3)CCCCC2)cc1.[2H]B(P)C=S.c1ccc([Si](c2ccccc2)(c2ccc(-n3c4ccccc4c4ccccc43)cc2)c2ccc(-n3c4ccccc4c4ccccc43)cc2)cc1. The molecular formula is C91H76BN3OP2SSi. The average Bonchev–Trinajstić information content (AvgIpc) is 1.67. The first-order valence-electron chi connectivity index (χ1n) is 35.1. The summed E-state index contributed by atoms with van der Waals surface area (Å²) in [7, 11) is -3.52. The van der Waals surface area contributed by atoms with Crippen molar-refractivity contribution in [1.29, 1.82) is 1.34 Å². The largest absolute Gasteiger partial charge is 0.311 e. The molecule has 1 unspecified atom stereocenters. The van der Waals surface area contributed by atoms with Crippen LogP contribution < -0.4 is 41.6 Å². The molecule has 14 aromatic carbocycles. The molecule has 0 N–H and O–H groups in total. The van der Waals surface area contributed by atoms with Crippen LogP contribution in [0.1, 0.15) is 43.2 Å². The lowest BCUT2D eigenvalue weighted by Crippen LogP contribution is -2.74. The molecule has 0 radical (unpaired) electrons. The molecule has 9 heteroatoms. The van der Waals surface area contributed by atoms with Gasteiger partial charge in [0, 0.05) is 71.3 Å². The van der Waals surface area contributed by atoms with E-state index >= 15 is 0 Å². The summed E-state index contributed by atoms with van der Waals surface area (Å²) >= 11 is 4.34. The maximum atomic E-state index is 15.0. The molecule has 100 heavy (non-hydrogen) atoms. The highest BCUT2D eigenvalue weighted by atomic mass is 32.1. The van der Waals surface area contributed by atoms with Crippen LogP contribution in [0.2, 0.25) is 0 Å². The Kier molecular flexibility index (Phi) is 19.0. The fourth-order valence-electron chi connectivity index (χ4n) is 15.6. The molecule has 2 heterocycles. The number of aromatic nitrogens is 2. The van der Waals surface area contributed by atoms with Gasteiger partial charge in [0.1, 0.15) is 0 Å². The topological polar surface area (TPSA) is 30.2 Å². The van der Waals surface area contributed by atoms with E-state index < -0.39 is 15.2 Å². The number of rotatable bonds is 15. The third-order valence-corrected chi connectivity index (χ3v) is 28.7. The van der Waals surface area contributed by atoms with Crippen LogP contribution in [0.25, 0.3) is 55.0 Å². The van der Waals surface area contributed by atoms with Crippen LogP contribution in [0.5, 0.6) is 0 Å². The van der Waals surface area contributed by atoms with Gasteiger partial charge in [-0.15, -0.1) is 12.2 Å². The van der Waals surface area contributed by atoms with Crippen molar-refractivity contribution >= 4 is 146 Å². The summed E-state index contributed by atoms with van der Waals surface area (Å²) < 4.78 is 26.4. The molecule has 1 aliphatic rings. The molecule has 1 aliphatic carbocycles. The number of hydrogen-bond acceptors (Lipinski definition) is 3. The van der Waals surface area contributed by atoms with E-state index in [0.29, 0.717) is 0 Å². The molecule has 0 spiro atoms. The number of thiocarbonyl (C=S) groups is 1. The van der Waals surface area contributed by atoms with E-state index in [1.54, 1.807) is 0 Å². The summed E-state index contributed by atoms with van der Waals surface area (Å²) in [5, 5.41) is 14.5. The zero-order valence-corrected chi connectivity index (χ0v) is 59.5. The second kappa shape index (κ2) is 29.5. The predicted octanol–water partition coefficient (Wildman–Crippen LogP) is 19.5. The van der Waals surface area contributed by atoms with Crippen LogP contribution in [0, 0.1) is 0 Å². The van der Waals surface area contributed by atoms with Gasteiger partial charge in [-0.3, -0.25) is 0 Å². The highest BCUT2D eigenvalue weighted by molar-refractivity contribution is 7.86. The van der Waals surface area contributed by atoms with E-state index in [2.05, 4.69) is 351 Å². The maximum Gasteiger partial charge on any atom is 0.185 e. The first-order valence-corrected chi connectivity index (χ1v) is 39.4. The Balaban J connectivity index is 0.000000155. The number of benzene rings is 14. The molecule has 0 amide bonds. The Morgan fingerprint density at radius 1 is 0.360 bits per heavy atom. The lowest BCUT2D eigenvalue weighted by atomic mass is 9.65. The molecule has 17 rings (SSSR count). The molecule has 484 valence electrons. The second-order valence-electron chi connectivity index (χ2n) is 25.7. The summed E-state index contributed by atoms with van der Waals surface area (Å²) in [6.07, 6.45) is 5.90. The molecule has 1 saturated carbocycles. The first kappa shape index (κ1) is 64.2. The quantitative estimate of drug-likeness (QED) is 0.0443. The van der Waals surface area contributed by atoms with Crippen molar-refractivity contribution in [3.8, 4) is 11.4 Å². The lowest BCUT2D eigenvalue weighted by Gasteiger charge is -2.39. The van der Waals surface area contributed by atoms with Crippen molar-refractivity contribution in [2.45, 2.75) is 37.5 Å². The molecule has 0 bridgehead atoms. The molecule has 2 aromatic heterocycles. The van der Waals surface area contributed by atoms with Crippen molar-refractivity contribution in [3.63, 3.8) is 0 Å². The van der Waals surface area contributed by atoms with Gasteiger partial charge in [-0.1, -0.05) is 316 Å². The summed E-state index contributed by atoms with van der Waals surface area (Å²) in [5.41, 5.74) is 13.3. The van der Waals surface area contributed by atoms with Crippen molar-refractivity contribution in [1.82, 2.24) is 9.13 Å². The van der Waals surface area contributed by atoms with Crippen LogP contribution >= 0.6 is 28.5 Å². The summed E-state index contributed by atoms with van der Waals surface area (Å²) in [4.78, 5) is 2.32. The Bertz CT molecular complexity index is 5120. The maximum absolute atomic E-state index is 15.0. The molecule has 1 atom stereocenters. The van der Waals surface area contributed by atoms with Crippen molar-refractivity contribution in [2.75, 3.05) is 4.90 Å². The van der Waals surface area contributed by atoms with Crippen molar-refractivity contribution in [3.05, 3.63) is 387 Å². The zero-order valence-electron chi connectivity index (χ0n) is 56.7. The van der Waals surface area contributed by atoms with Crippen molar-refractivity contribution in [2.24, 2.45) is 0 Å². The molecule has 0 aliphatic heterocycles. The minimum absolute atomic E-state index is 0.0664. The van der Waals surface area contributed by atoms with Gasteiger partial charge in [0.05, 0.1) is 22.1 Å². The fraction of sp³-hybridized carbons (Fsp3) is 0.0659. The minimum atomic E-state index is -3.01. The van der Waals surface area contributed by atoms with Crippen LogP contribution in [0.15, 0.2) is 376 Å². The minimum Gasteiger partial charge on any atom is -0.311 e. The Morgan fingerprint density at radius 2 is 0.640 bits per heavy atom. The van der Waals surface area contributed by atoms with E-state index in [0.717, 1.165) is 45.8 Å². The second-order valence-corrected chi connectivity index (χ2v) is 32.9. The number of fused-ring (bicyclic) bond motifs is 6. The first-order chi connectivity index (χ1) is 49.8. The molecule has 0 saturated heterocycles. The summed E-state index contributed by atoms with van der Waals surface area (Å²) in [5.74, 6) is 0. The fourth-order valence-corrected chi connectivity index (χ4v) is 23.0. The van der Waals surface area contributed by atoms with Crippen LogP contribution in [-0.2, 0) is 9.98 Å². The monoisotopic (exact) mass is 1360 g/mol. The van der Waals surface area contributed by atoms with Gasteiger partial charge in [0.2, 0.25) is 0 Å². The molecule has 1 fully saturated rings. The van der Waals surface area contributed by atoms with Gasteiger partial charge >= 0.3 is 0 Å². The normalized spacial score (nSPS) is 12.9. The van der Waals surface area contributed by atoms with Gasteiger partial charge in [-0.05, 0) is 131 Å². The smallest absolute Gasteiger partial charge is 0.185 e. The number of nitrogens with zero attached hydrogens (tertiary/aromatic N) is 3. The van der Waals surface area contributed by atoms with Crippen LogP contribution in [0.3, 0.4) is 0 Å². The van der Waals surface area contributed by atoms with E-state index in [1.165, 1.54) is 111 Å². The number of para-hydroxylation sites is 6. The van der Waals surface area contributed by atoms with E-state index in [1.807, 2.05) is 60.7 Å². The lowest BCUT2D eigenvalue weighted by molar-refractivity contribution is 0.346. The van der Waals surface area contributed by atoms with Gasteiger partial charge in [-0.25, -0.2) is 0 Å². The zero-order chi connectivity index (χ0) is 68.6. The third kappa shape index (κ3) is 12.3. The Hall–Kier alpha value is -10.5. The van der Waals surface area contributed by atoms with E-state index in [4.69, 9.17) is 1.34 Å². The van der Waals surface area contributed by atoms with E-state index in [-0.39, 0.29) is 12.4 Å². The Morgan fingerprint density at radius 3 is 0.990 bits per heavy atom. The summed E-state index contributed by atoms with van der Waals surface area (Å²) in [6.45, 7) is -0.259. The van der Waals surface area contributed by atoms with Crippen molar-refractivity contribution < 1.29 is 4.57 Å². The van der Waals surface area contributed by atoms with Gasteiger partial charge in [0.25, 0.3) is 0 Å². The van der Waals surface area contributed by atoms with E-state index in [9.17, 15) is 4.57 Å². The third-order valence-electron chi connectivity index (χ3n) is 20.2. The highest BCUT2D eigenvalue weighted by Crippen LogP contribution is 2.48. The summed E-state index contributed by atoms with van der Waals surface area (Å²) in [6, 6.07) is 135. The van der Waals surface area contributed by atoms with Gasteiger partial charge in [-0.2, -0.15) is 9.12 Å². The van der Waals surface area contributed by atoms with Gasteiger partial charge < -0.3 is 18.6 Å². The Labute approximate surface area is 598 Å². The number of hydrogen-bond donors (Lipinski definition) is 0. The average molecular weight is 1360 g/mol. The van der Waals surface area contributed by atoms with Crippen LogP contribution in [0.4, 0.5) is 17.1 Å². The highest BCUT2D eigenvalue weighted by Gasteiger charge is 2.42. The predicted molar refractivity (Wildman–Crippen MR) is 440 cm³/mol. The molecule has 16 aromatic rings. The molecular weight excluding hydrogens is 1280 g/mol. The van der Waals surface area contributed by atoms with Crippen LogP contribution in [-0.4, -0.2) is 30.8 Å².